The van der Waals surface area contributed by atoms with Crippen molar-refractivity contribution in [1.82, 2.24) is 9.88 Å². The van der Waals surface area contributed by atoms with Gasteiger partial charge in [-0.2, -0.15) is 0 Å². The number of pyridine rings is 1. The molecule has 2 rings (SSSR count). The van der Waals surface area contributed by atoms with Gasteiger partial charge in [-0.15, -0.1) is 0 Å². The molecular weight excluding hydrogens is 244 g/mol. The van der Waals surface area contributed by atoms with E-state index >= 15 is 0 Å². The van der Waals surface area contributed by atoms with Gasteiger partial charge in [0.05, 0.1) is 6.21 Å². The highest BCUT2D eigenvalue weighted by atomic mass is 16.4. The number of hydrogen-bond acceptors (Lipinski definition) is 5. The normalized spacial score (nSPS) is 16.1. The molecule has 6 nitrogen and oxygen atoms in total. The monoisotopic (exact) mass is 262 g/mol. The average molecular weight is 262 g/mol. The first-order chi connectivity index (χ1) is 9.11. The summed E-state index contributed by atoms with van der Waals surface area (Å²) in [6.45, 7) is 6.60. The third-order valence-electron chi connectivity index (χ3n) is 3.38. The van der Waals surface area contributed by atoms with E-state index in [4.69, 9.17) is 5.21 Å². The predicted molar refractivity (Wildman–Crippen MR) is 72.8 cm³/mol. The van der Waals surface area contributed by atoms with E-state index in [1.54, 1.807) is 13.1 Å². The van der Waals surface area contributed by atoms with Crippen molar-refractivity contribution in [2.45, 2.75) is 13.8 Å². The van der Waals surface area contributed by atoms with Crippen molar-refractivity contribution in [2.75, 3.05) is 31.1 Å². The van der Waals surface area contributed by atoms with E-state index in [9.17, 15) is 4.79 Å². The summed E-state index contributed by atoms with van der Waals surface area (Å²) in [5, 5.41) is 11.6. The van der Waals surface area contributed by atoms with E-state index in [-0.39, 0.29) is 5.91 Å². The molecule has 1 fully saturated rings. The second-order valence-electron chi connectivity index (χ2n) is 4.64. The van der Waals surface area contributed by atoms with Gasteiger partial charge in [0.15, 0.2) is 0 Å². The molecule has 1 N–H and O–H groups in total. The lowest BCUT2D eigenvalue weighted by Crippen LogP contribution is -2.48. The van der Waals surface area contributed by atoms with Crippen LogP contribution in [0.15, 0.2) is 17.4 Å². The number of anilines is 1. The number of aryl methyl sites for hydroxylation is 1. The minimum atomic E-state index is 0.123. The van der Waals surface area contributed by atoms with Crippen LogP contribution in [0.2, 0.25) is 0 Å². The lowest BCUT2D eigenvalue weighted by atomic mass is 10.1. The van der Waals surface area contributed by atoms with Gasteiger partial charge in [0.2, 0.25) is 5.91 Å². The fourth-order valence-electron chi connectivity index (χ4n) is 2.17. The van der Waals surface area contributed by atoms with Crippen LogP contribution in [0.5, 0.6) is 0 Å². The first kappa shape index (κ1) is 13.3. The maximum Gasteiger partial charge on any atom is 0.219 e. The van der Waals surface area contributed by atoms with E-state index < -0.39 is 0 Å². The zero-order valence-corrected chi connectivity index (χ0v) is 11.2. The van der Waals surface area contributed by atoms with Crippen LogP contribution in [0.25, 0.3) is 0 Å². The molecule has 2 heterocycles. The van der Waals surface area contributed by atoms with E-state index in [1.807, 2.05) is 17.9 Å². The molecule has 1 aromatic rings. The van der Waals surface area contributed by atoms with Crippen LogP contribution >= 0.6 is 0 Å². The Morgan fingerprint density at radius 1 is 1.42 bits per heavy atom. The maximum absolute atomic E-state index is 11.3. The fourth-order valence-corrected chi connectivity index (χ4v) is 2.17. The Hall–Kier alpha value is -2.11. The number of hydrogen-bond donors (Lipinski definition) is 1. The van der Waals surface area contributed by atoms with Gasteiger partial charge >= 0.3 is 0 Å². The highest BCUT2D eigenvalue weighted by Gasteiger charge is 2.19. The molecule has 1 aliphatic rings. The second kappa shape index (κ2) is 5.69. The van der Waals surface area contributed by atoms with E-state index in [0.717, 1.165) is 43.1 Å². The zero-order chi connectivity index (χ0) is 13.8. The van der Waals surface area contributed by atoms with Gasteiger partial charge in [-0.3, -0.25) is 4.79 Å². The molecule has 0 unspecified atom stereocenters. The van der Waals surface area contributed by atoms with Crippen molar-refractivity contribution in [1.29, 1.82) is 0 Å². The number of nitrogens with zero attached hydrogens (tertiary/aromatic N) is 4. The Labute approximate surface area is 112 Å². The van der Waals surface area contributed by atoms with Crippen LogP contribution in [-0.2, 0) is 4.79 Å². The molecule has 6 heteroatoms. The Kier molecular flexibility index (Phi) is 3.99. The largest absolute Gasteiger partial charge is 0.411 e. The van der Waals surface area contributed by atoms with Crippen LogP contribution < -0.4 is 4.90 Å². The third-order valence-corrected chi connectivity index (χ3v) is 3.38. The van der Waals surface area contributed by atoms with Crippen molar-refractivity contribution < 1.29 is 10.0 Å². The first-order valence-corrected chi connectivity index (χ1v) is 6.26. The van der Waals surface area contributed by atoms with Gasteiger partial charge in [-0.25, -0.2) is 4.98 Å². The molecule has 0 aromatic carbocycles. The molecule has 0 aliphatic carbocycles. The Balaban J connectivity index is 2.08. The molecular formula is C13H18N4O2. The summed E-state index contributed by atoms with van der Waals surface area (Å²) in [6.07, 6.45) is 3.07. The predicted octanol–water partition coefficient (Wildman–Crippen LogP) is 0.867. The molecule has 1 saturated heterocycles. The SMILES string of the molecule is CC(=O)N1CCN(c2cc(C)c(/C=N/O)cn2)CC1. The van der Waals surface area contributed by atoms with Gasteiger partial charge in [0.1, 0.15) is 5.82 Å². The molecule has 1 aliphatic heterocycles. The molecule has 0 radical (unpaired) electrons. The average Bonchev–Trinajstić information content (AvgIpc) is 2.41. The van der Waals surface area contributed by atoms with E-state index in [0.29, 0.717) is 0 Å². The molecule has 0 spiro atoms. The maximum atomic E-state index is 11.3. The molecule has 0 atom stereocenters. The molecule has 1 aromatic heterocycles. The Bertz CT molecular complexity index is 493. The van der Waals surface area contributed by atoms with Crippen LogP contribution in [0, 0.1) is 6.92 Å². The Morgan fingerprint density at radius 2 is 2.11 bits per heavy atom. The molecule has 102 valence electrons. The van der Waals surface area contributed by atoms with Gasteiger partial charge in [-0.1, -0.05) is 5.16 Å². The minimum Gasteiger partial charge on any atom is -0.411 e. The van der Waals surface area contributed by atoms with Gasteiger partial charge in [-0.05, 0) is 18.6 Å². The second-order valence-corrected chi connectivity index (χ2v) is 4.64. The first-order valence-electron chi connectivity index (χ1n) is 6.26. The summed E-state index contributed by atoms with van der Waals surface area (Å²) >= 11 is 0. The number of amides is 1. The van der Waals surface area contributed by atoms with Crippen molar-refractivity contribution in [3.05, 3.63) is 23.4 Å². The summed E-state index contributed by atoms with van der Waals surface area (Å²) in [5.74, 6) is 1.02. The van der Waals surface area contributed by atoms with Crippen LogP contribution in [-0.4, -0.2) is 53.4 Å². The lowest BCUT2D eigenvalue weighted by molar-refractivity contribution is -0.129. The highest BCUT2D eigenvalue weighted by Crippen LogP contribution is 2.16. The van der Waals surface area contributed by atoms with Gasteiger partial charge in [0.25, 0.3) is 0 Å². The standard InChI is InChI=1S/C13H18N4O2/c1-10-7-13(14-8-12(10)9-15-19)17-5-3-16(4-6-17)11(2)18/h7-9,19H,3-6H2,1-2H3/b15-9+. The minimum absolute atomic E-state index is 0.123. The van der Waals surface area contributed by atoms with Crippen molar-refractivity contribution >= 4 is 17.9 Å². The smallest absolute Gasteiger partial charge is 0.219 e. The summed E-state index contributed by atoms with van der Waals surface area (Å²) in [4.78, 5) is 19.6. The van der Waals surface area contributed by atoms with Crippen molar-refractivity contribution in [3.8, 4) is 0 Å². The topological polar surface area (TPSA) is 69.0 Å². The van der Waals surface area contributed by atoms with Crippen molar-refractivity contribution in [3.63, 3.8) is 0 Å². The number of aromatic nitrogens is 1. The summed E-state index contributed by atoms with van der Waals surface area (Å²) in [7, 11) is 0. The van der Waals surface area contributed by atoms with Gasteiger partial charge in [0, 0.05) is 44.9 Å². The summed E-state index contributed by atoms with van der Waals surface area (Å²) in [5.41, 5.74) is 1.81. The van der Waals surface area contributed by atoms with Crippen LogP contribution in [0.1, 0.15) is 18.1 Å². The third kappa shape index (κ3) is 3.01. The molecule has 19 heavy (non-hydrogen) atoms. The van der Waals surface area contributed by atoms with Crippen LogP contribution in [0.3, 0.4) is 0 Å². The fraction of sp³-hybridized carbons (Fsp3) is 0.462. The molecule has 1 amide bonds. The van der Waals surface area contributed by atoms with Gasteiger partial charge < -0.3 is 15.0 Å². The van der Waals surface area contributed by atoms with Crippen LogP contribution in [0.4, 0.5) is 5.82 Å². The quantitative estimate of drug-likeness (QED) is 0.488. The summed E-state index contributed by atoms with van der Waals surface area (Å²) in [6, 6.07) is 1.97. The highest BCUT2D eigenvalue weighted by molar-refractivity contribution is 5.81. The zero-order valence-electron chi connectivity index (χ0n) is 11.2. The van der Waals surface area contributed by atoms with E-state index in [1.165, 1.54) is 6.21 Å². The number of carbonyl (C=O) groups excluding carboxylic acids is 1. The summed E-state index contributed by atoms with van der Waals surface area (Å²) < 4.78 is 0. The lowest BCUT2D eigenvalue weighted by Gasteiger charge is -2.35. The Morgan fingerprint density at radius 3 is 2.63 bits per heavy atom. The van der Waals surface area contributed by atoms with Crippen molar-refractivity contribution in [2.24, 2.45) is 5.16 Å². The molecule has 0 saturated carbocycles. The number of piperazine rings is 1. The van der Waals surface area contributed by atoms with E-state index in [2.05, 4.69) is 15.0 Å². The number of oxime groups is 1. The molecule has 0 bridgehead atoms. The number of carbonyl (C=O) groups is 1. The number of rotatable bonds is 2.